The van der Waals surface area contributed by atoms with Crippen molar-refractivity contribution in [2.75, 3.05) is 19.6 Å². The molecule has 0 bridgehead atoms. The van der Waals surface area contributed by atoms with Crippen LogP contribution in [0.2, 0.25) is 0 Å². The number of hydrogen-bond donors (Lipinski definition) is 1. The highest BCUT2D eigenvalue weighted by Gasteiger charge is 2.47. The summed E-state index contributed by atoms with van der Waals surface area (Å²) in [6.07, 6.45) is 4.64. The molecule has 1 N–H and O–H groups in total. The van der Waals surface area contributed by atoms with Crippen LogP contribution in [0.5, 0.6) is 0 Å². The van der Waals surface area contributed by atoms with Crippen LogP contribution < -0.4 is 5.32 Å². The van der Waals surface area contributed by atoms with Gasteiger partial charge in [0.15, 0.2) is 0 Å². The van der Waals surface area contributed by atoms with Gasteiger partial charge in [-0.15, -0.1) is 0 Å². The van der Waals surface area contributed by atoms with E-state index in [-0.39, 0.29) is 48.6 Å². The first kappa shape index (κ1) is 21.6. The summed E-state index contributed by atoms with van der Waals surface area (Å²) in [5, 5.41) is 2.86. The smallest absolute Gasteiger partial charge is 0.407 e. The van der Waals surface area contributed by atoms with Crippen LogP contribution in [0.25, 0.3) is 0 Å². The number of hydrogen-bond acceptors (Lipinski definition) is 5. The van der Waals surface area contributed by atoms with Gasteiger partial charge in [-0.25, -0.2) is 4.79 Å². The third kappa shape index (κ3) is 5.28. The molecular formula is C21H33N3O5. The molecule has 29 heavy (non-hydrogen) atoms. The Morgan fingerprint density at radius 1 is 1.00 bits per heavy atom. The van der Waals surface area contributed by atoms with Crippen LogP contribution in [0, 0.1) is 11.8 Å². The number of amides is 4. The van der Waals surface area contributed by atoms with Crippen molar-refractivity contribution in [3.63, 3.8) is 0 Å². The number of carbonyl (C=O) groups excluding carboxylic acids is 4. The summed E-state index contributed by atoms with van der Waals surface area (Å²) in [6, 6.07) is -0.0150. The van der Waals surface area contributed by atoms with Crippen molar-refractivity contribution in [1.29, 1.82) is 0 Å². The quantitative estimate of drug-likeness (QED) is 0.720. The lowest BCUT2D eigenvalue weighted by Gasteiger charge is -2.33. The summed E-state index contributed by atoms with van der Waals surface area (Å²) >= 11 is 0. The molecule has 0 aromatic carbocycles. The molecule has 2 saturated heterocycles. The van der Waals surface area contributed by atoms with Gasteiger partial charge >= 0.3 is 6.09 Å². The molecule has 2 unspecified atom stereocenters. The topological polar surface area (TPSA) is 96.0 Å². The lowest BCUT2D eigenvalue weighted by atomic mass is 9.81. The number of fused-ring (bicyclic) bond motifs is 1. The van der Waals surface area contributed by atoms with Crippen LogP contribution in [-0.4, -0.2) is 64.9 Å². The number of carbonyl (C=O) groups is 4. The van der Waals surface area contributed by atoms with Gasteiger partial charge in [-0.2, -0.15) is 0 Å². The highest BCUT2D eigenvalue weighted by Crippen LogP contribution is 2.38. The minimum absolute atomic E-state index is 0.0150. The van der Waals surface area contributed by atoms with E-state index in [1.807, 2.05) is 20.8 Å². The number of nitrogens with one attached hydrogen (secondary N) is 1. The number of alkyl carbamates (subject to hydrolysis) is 1. The summed E-state index contributed by atoms with van der Waals surface area (Å²) in [5.74, 6) is -0.557. The Labute approximate surface area is 172 Å². The van der Waals surface area contributed by atoms with Crippen molar-refractivity contribution < 1.29 is 23.9 Å². The molecule has 0 aromatic heterocycles. The fourth-order valence-corrected chi connectivity index (χ4v) is 4.56. The Balaban J connectivity index is 1.42. The third-order valence-electron chi connectivity index (χ3n) is 6.05. The van der Waals surface area contributed by atoms with Crippen LogP contribution in [0.1, 0.15) is 65.7 Å². The lowest BCUT2D eigenvalue weighted by Crippen LogP contribution is -2.48. The van der Waals surface area contributed by atoms with Crippen molar-refractivity contribution in [1.82, 2.24) is 15.1 Å². The fraction of sp³-hybridized carbons (Fsp3) is 0.810. The molecule has 0 radical (unpaired) electrons. The number of piperidine rings is 1. The molecule has 3 fully saturated rings. The molecule has 2 aliphatic heterocycles. The van der Waals surface area contributed by atoms with Gasteiger partial charge in [0.25, 0.3) is 0 Å². The molecule has 2 heterocycles. The number of rotatable bonds is 4. The van der Waals surface area contributed by atoms with E-state index in [1.165, 1.54) is 4.90 Å². The van der Waals surface area contributed by atoms with Crippen LogP contribution in [-0.2, 0) is 19.1 Å². The molecule has 1 saturated carbocycles. The third-order valence-corrected chi connectivity index (χ3v) is 6.05. The van der Waals surface area contributed by atoms with Gasteiger partial charge in [0.05, 0.1) is 11.8 Å². The monoisotopic (exact) mass is 407 g/mol. The maximum Gasteiger partial charge on any atom is 0.407 e. The van der Waals surface area contributed by atoms with Crippen molar-refractivity contribution in [3.8, 4) is 0 Å². The van der Waals surface area contributed by atoms with E-state index in [4.69, 9.17) is 4.74 Å². The van der Waals surface area contributed by atoms with Crippen LogP contribution in [0.4, 0.5) is 4.79 Å². The first-order valence-corrected chi connectivity index (χ1v) is 10.8. The van der Waals surface area contributed by atoms with Crippen LogP contribution >= 0.6 is 0 Å². The largest absolute Gasteiger partial charge is 0.444 e. The van der Waals surface area contributed by atoms with Crippen molar-refractivity contribution in [2.24, 2.45) is 11.8 Å². The maximum absolute atomic E-state index is 12.6. The first-order valence-electron chi connectivity index (χ1n) is 10.8. The minimum Gasteiger partial charge on any atom is -0.444 e. The van der Waals surface area contributed by atoms with E-state index in [0.717, 1.165) is 25.7 Å². The van der Waals surface area contributed by atoms with E-state index in [0.29, 0.717) is 25.9 Å². The van der Waals surface area contributed by atoms with Crippen molar-refractivity contribution >= 4 is 23.8 Å². The zero-order chi connectivity index (χ0) is 21.2. The molecule has 1 aliphatic carbocycles. The highest BCUT2D eigenvalue weighted by molar-refractivity contribution is 6.05. The molecule has 162 valence electrons. The Kier molecular flexibility index (Phi) is 6.49. The molecule has 0 spiro atoms. The minimum atomic E-state index is -0.539. The molecular weight excluding hydrogens is 374 g/mol. The standard InChI is InChI=1S/C21H33N3O5/c1-21(2,3)29-20(28)22-14-8-11-23(12-9-14)17(25)10-13-24-18(26)15-6-4-5-7-16(15)19(24)27/h14-16H,4-13H2,1-3H3,(H,22,28). The fourth-order valence-electron chi connectivity index (χ4n) is 4.56. The van der Waals surface area contributed by atoms with Gasteiger partial charge < -0.3 is 15.0 Å². The number of nitrogens with zero attached hydrogens (tertiary/aromatic N) is 2. The predicted molar refractivity (Wildman–Crippen MR) is 106 cm³/mol. The Hall–Kier alpha value is -2.12. The summed E-state index contributed by atoms with van der Waals surface area (Å²) in [5.41, 5.74) is -0.539. The van der Waals surface area contributed by atoms with Gasteiger partial charge in [-0.05, 0) is 46.5 Å². The highest BCUT2D eigenvalue weighted by atomic mass is 16.6. The molecule has 0 aromatic rings. The zero-order valence-corrected chi connectivity index (χ0v) is 17.7. The molecule has 8 heteroatoms. The van der Waals surface area contributed by atoms with E-state index < -0.39 is 11.7 Å². The number of ether oxygens (including phenoxy) is 1. The summed E-state index contributed by atoms with van der Waals surface area (Å²) in [6.45, 7) is 6.73. The molecule has 3 rings (SSSR count). The Morgan fingerprint density at radius 3 is 2.07 bits per heavy atom. The second-order valence-corrected chi connectivity index (χ2v) is 9.38. The average molecular weight is 408 g/mol. The Morgan fingerprint density at radius 2 is 1.55 bits per heavy atom. The van der Waals surface area contributed by atoms with Gasteiger partial charge in [0.2, 0.25) is 17.7 Å². The predicted octanol–water partition coefficient (Wildman–Crippen LogP) is 2.07. The van der Waals surface area contributed by atoms with Crippen molar-refractivity contribution in [2.45, 2.75) is 77.4 Å². The first-order chi connectivity index (χ1) is 13.7. The van der Waals surface area contributed by atoms with Gasteiger partial charge in [-0.1, -0.05) is 12.8 Å². The molecule has 3 aliphatic rings. The molecule has 2 atom stereocenters. The van der Waals surface area contributed by atoms with E-state index in [2.05, 4.69) is 5.32 Å². The Bertz CT molecular complexity index is 640. The van der Waals surface area contributed by atoms with Crippen molar-refractivity contribution in [3.05, 3.63) is 0 Å². The van der Waals surface area contributed by atoms with Crippen LogP contribution in [0.15, 0.2) is 0 Å². The van der Waals surface area contributed by atoms with Gasteiger partial charge in [0, 0.05) is 32.1 Å². The van der Waals surface area contributed by atoms with Gasteiger partial charge in [0.1, 0.15) is 5.60 Å². The molecule has 8 nitrogen and oxygen atoms in total. The normalized spacial score (nSPS) is 25.8. The maximum atomic E-state index is 12.6. The van der Waals surface area contributed by atoms with Gasteiger partial charge in [-0.3, -0.25) is 19.3 Å². The zero-order valence-electron chi connectivity index (χ0n) is 17.7. The summed E-state index contributed by atoms with van der Waals surface area (Å²) in [4.78, 5) is 52.5. The number of imide groups is 1. The summed E-state index contributed by atoms with van der Waals surface area (Å²) in [7, 11) is 0. The van der Waals surface area contributed by atoms with E-state index in [9.17, 15) is 19.2 Å². The lowest BCUT2D eigenvalue weighted by molar-refractivity contribution is -0.141. The average Bonchev–Trinajstić information content (AvgIpc) is 2.90. The second kappa shape index (κ2) is 8.71. The molecule has 4 amide bonds. The van der Waals surface area contributed by atoms with E-state index in [1.54, 1.807) is 4.90 Å². The van der Waals surface area contributed by atoms with Crippen LogP contribution in [0.3, 0.4) is 0 Å². The SMILES string of the molecule is CC(C)(C)OC(=O)NC1CCN(C(=O)CCN2C(=O)C3CCCCC3C2=O)CC1. The van der Waals surface area contributed by atoms with E-state index >= 15 is 0 Å². The summed E-state index contributed by atoms with van der Waals surface area (Å²) < 4.78 is 5.27. The second-order valence-electron chi connectivity index (χ2n) is 9.38. The number of likely N-dealkylation sites (tertiary alicyclic amines) is 2.